The van der Waals surface area contributed by atoms with Crippen molar-refractivity contribution in [2.75, 3.05) is 22.5 Å². The van der Waals surface area contributed by atoms with Gasteiger partial charge in [0.1, 0.15) is 11.6 Å². The number of halogens is 2. The van der Waals surface area contributed by atoms with Gasteiger partial charge in [-0.2, -0.15) is 0 Å². The second-order valence-corrected chi connectivity index (χ2v) is 9.38. The summed E-state index contributed by atoms with van der Waals surface area (Å²) in [5.41, 5.74) is 3.12. The highest BCUT2D eigenvalue weighted by molar-refractivity contribution is 8.01. The molecular weight excluding hydrogens is 444 g/mol. The number of urea groups is 1. The number of hydrogen-bond acceptors (Lipinski definition) is 3. The third-order valence-corrected chi connectivity index (χ3v) is 7.38. The molecule has 5 nitrogen and oxygen atoms in total. The fourth-order valence-electron chi connectivity index (χ4n) is 4.42. The maximum atomic E-state index is 14.4. The molecule has 1 fully saturated rings. The maximum Gasteiger partial charge on any atom is 0.323 e. The fraction of sp³-hybridized carbons (Fsp3) is 0.200. The lowest BCUT2D eigenvalue weighted by molar-refractivity contribution is -0.123. The van der Waals surface area contributed by atoms with Crippen molar-refractivity contribution in [2.45, 2.75) is 18.3 Å². The molecule has 3 aromatic carbocycles. The normalized spacial score (nSPS) is 19.3. The molecule has 2 aliphatic rings. The lowest BCUT2D eigenvalue weighted by Gasteiger charge is -2.33. The Morgan fingerprint density at radius 1 is 1.09 bits per heavy atom. The smallest absolute Gasteiger partial charge is 0.308 e. The number of nitrogens with one attached hydrogen (secondary N) is 1. The van der Waals surface area contributed by atoms with E-state index >= 15 is 0 Å². The first-order valence-electron chi connectivity index (χ1n) is 10.5. The van der Waals surface area contributed by atoms with Crippen LogP contribution in [0.15, 0.2) is 66.7 Å². The summed E-state index contributed by atoms with van der Waals surface area (Å²) < 4.78 is 27.8. The molecule has 1 saturated heterocycles. The quantitative estimate of drug-likeness (QED) is 0.575. The molecule has 33 heavy (non-hydrogen) atoms. The molecule has 0 saturated carbocycles. The average molecular weight is 466 g/mol. The number of carbonyl (C=O) groups excluding carboxylic acids is 2. The van der Waals surface area contributed by atoms with Crippen molar-refractivity contribution in [3.63, 3.8) is 0 Å². The minimum atomic E-state index is -1.24. The van der Waals surface area contributed by atoms with Gasteiger partial charge >= 0.3 is 6.03 Å². The molecule has 1 N–H and O–H groups in total. The van der Waals surface area contributed by atoms with Crippen LogP contribution in [0.4, 0.5) is 25.0 Å². The first-order chi connectivity index (χ1) is 15.9. The van der Waals surface area contributed by atoms with Crippen LogP contribution in [-0.2, 0) is 16.2 Å². The van der Waals surface area contributed by atoms with Gasteiger partial charge in [-0.3, -0.25) is 9.69 Å². The van der Waals surface area contributed by atoms with E-state index in [1.165, 1.54) is 28.8 Å². The van der Waals surface area contributed by atoms with E-state index < -0.39 is 16.5 Å². The number of nitrogens with zero attached hydrogens (tertiary/aromatic N) is 2. The van der Waals surface area contributed by atoms with Crippen LogP contribution in [0.1, 0.15) is 16.7 Å². The van der Waals surface area contributed by atoms with Gasteiger partial charge in [-0.1, -0.05) is 42.0 Å². The minimum absolute atomic E-state index is 0.0581. The molecule has 3 aromatic rings. The standard InChI is InChI=1S/C25H21F2N3O2S/c1-16-7-10-22-20(13-16)25(23(31)29(22)15-17-8-9-18(26)14-21(17)27)30(11-12-33-25)24(32)28-19-5-3-2-4-6-19/h2-10,13-14H,11-12,15H2,1H3,(H,28,32)/t25-/m0/s1. The van der Waals surface area contributed by atoms with E-state index in [1.54, 1.807) is 17.0 Å². The van der Waals surface area contributed by atoms with E-state index in [1.807, 2.05) is 43.3 Å². The Morgan fingerprint density at radius 2 is 1.88 bits per heavy atom. The topological polar surface area (TPSA) is 52.7 Å². The molecule has 0 unspecified atom stereocenters. The summed E-state index contributed by atoms with van der Waals surface area (Å²) >= 11 is 1.40. The van der Waals surface area contributed by atoms with Crippen molar-refractivity contribution < 1.29 is 18.4 Å². The summed E-state index contributed by atoms with van der Waals surface area (Å²) in [5.74, 6) is -1.11. The van der Waals surface area contributed by atoms with Crippen LogP contribution in [0.2, 0.25) is 0 Å². The van der Waals surface area contributed by atoms with Crippen LogP contribution < -0.4 is 10.2 Å². The van der Waals surface area contributed by atoms with Crippen LogP contribution in [0.3, 0.4) is 0 Å². The zero-order valence-electron chi connectivity index (χ0n) is 17.8. The first kappa shape index (κ1) is 21.5. The average Bonchev–Trinajstić information content (AvgIpc) is 3.33. The number of carbonyl (C=O) groups is 2. The van der Waals surface area contributed by atoms with E-state index in [0.29, 0.717) is 29.2 Å². The second kappa shape index (κ2) is 8.19. The summed E-state index contributed by atoms with van der Waals surface area (Å²) in [4.78, 5) is 29.1. The van der Waals surface area contributed by atoms with Gasteiger partial charge in [0.25, 0.3) is 5.91 Å². The maximum absolute atomic E-state index is 14.4. The molecular formula is C25H21F2N3O2S. The Kier molecular flexibility index (Phi) is 5.32. The zero-order valence-corrected chi connectivity index (χ0v) is 18.7. The third kappa shape index (κ3) is 3.54. The summed E-state index contributed by atoms with van der Waals surface area (Å²) in [7, 11) is 0. The Labute approximate surface area is 194 Å². The number of hydrogen-bond donors (Lipinski definition) is 1. The number of anilines is 2. The Hall–Kier alpha value is -3.39. The molecule has 2 heterocycles. The van der Waals surface area contributed by atoms with Gasteiger partial charge in [0.05, 0.1) is 12.2 Å². The van der Waals surface area contributed by atoms with Crippen LogP contribution in [0.25, 0.3) is 0 Å². The van der Waals surface area contributed by atoms with E-state index in [-0.39, 0.29) is 24.0 Å². The number of thioether (sulfide) groups is 1. The SMILES string of the molecule is Cc1ccc2c(c1)[C@]1(SCCN1C(=O)Nc1ccccc1)C(=O)N2Cc1ccc(F)cc1F. The first-order valence-corrected chi connectivity index (χ1v) is 11.5. The van der Waals surface area contributed by atoms with Gasteiger partial charge in [-0.15, -0.1) is 11.8 Å². The fourth-order valence-corrected chi connectivity index (χ4v) is 5.87. The van der Waals surface area contributed by atoms with Crippen molar-refractivity contribution in [3.05, 3.63) is 95.1 Å². The highest BCUT2D eigenvalue weighted by atomic mass is 32.2. The Bertz CT molecular complexity index is 1250. The van der Waals surface area contributed by atoms with Crippen LogP contribution in [0.5, 0.6) is 0 Å². The molecule has 2 aliphatic heterocycles. The second-order valence-electron chi connectivity index (χ2n) is 8.09. The number of benzene rings is 3. The van der Waals surface area contributed by atoms with Crippen LogP contribution in [0, 0.1) is 18.6 Å². The summed E-state index contributed by atoms with van der Waals surface area (Å²) in [6.45, 7) is 2.26. The molecule has 1 atom stereocenters. The van der Waals surface area contributed by atoms with Gasteiger partial charge < -0.3 is 10.2 Å². The van der Waals surface area contributed by atoms with E-state index in [4.69, 9.17) is 0 Å². The van der Waals surface area contributed by atoms with Crippen molar-refractivity contribution >= 4 is 35.1 Å². The molecule has 5 rings (SSSR count). The number of fused-ring (bicyclic) bond motifs is 2. The number of rotatable bonds is 3. The molecule has 0 aromatic heterocycles. The Balaban J connectivity index is 1.55. The van der Waals surface area contributed by atoms with Crippen molar-refractivity contribution in [2.24, 2.45) is 0 Å². The monoisotopic (exact) mass is 465 g/mol. The number of para-hydroxylation sites is 1. The molecule has 1 spiro atoms. The van der Waals surface area contributed by atoms with Crippen LogP contribution in [-0.4, -0.2) is 29.1 Å². The zero-order chi connectivity index (χ0) is 23.2. The van der Waals surface area contributed by atoms with Crippen molar-refractivity contribution in [1.29, 1.82) is 0 Å². The lowest BCUT2D eigenvalue weighted by atomic mass is 10.0. The highest BCUT2D eigenvalue weighted by Crippen LogP contribution is 2.54. The molecule has 8 heteroatoms. The van der Waals surface area contributed by atoms with Crippen molar-refractivity contribution in [3.8, 4) is 0 Å². The lowest BCUT2D eigenvalue weighted by Crippen LogP contribution is -2.51. The molecule has 168 valence electrons. The summed E-state index contributed by atoms with van der Waals surface area (Å²) in [5, 5.41) is 2.88. The van der Waals surface area contributed by atoms with Gasteiger partial charge in [0.15, 0.2) is 4.87 Å². The van der Waals surface area contributed by atoms with E-state index in [0.717, 1.165) is 11.6 Å². The predicted octanol–water partition coefficient (Wildman–Crippen LogP) is 5.25. The minimum Gasteiger partial charge on any atom is -0.308 e. The van der Waals surface area contributed by atoms with Crippen LogP contribution >= 0.6 is 11.8 Å². The van der Waals surface area contributed by atoms with E-state index in [9.17, 15) is 18.4 Å². The molecule has 0 bridgehead atoms. The largest absolute Gasteiger partial charge is 0.323 e. The predicted molar refractivity (Wildman–Crippen MR) is 125 cm³/mol. The number of amides is 3. The van der Waals surface area contributed by atoms with Crippen molar-refractivity contribution in [1.82, 2.24) is 4.90 Å². The molecule has 0 radical (unpaired) electrons. The number of aryl methyl sites for hydroxylation is 1. The van der Waals surface area contributed by atoms with E-state index in [2.05, 4.69) is 5.32 Å². The highest BCUT2D eigenvalue weighted by Gasteiger charge is 2.59. The third-order valence-electron chi connectivity index (χ3n) is 5.96. The van der Waals surface area contributed by atoms with Gasteiger partial charge in [-0.25, -0.2) is 13.6 Å². The van der Waals surface area contributed by atoms with Gasteiger partial charge in [0, 0.05) is 35.2 Å². The van der Waals surface area contributed by atoms with Gasteiger partial charge in [-0.05, 0) is 31.2 Å². The van der Waals surface area contributed by atoms with Gasteiger partial charge in [0.2, 0.25) is 0 Å². The Morgan fingerprint density at radius 3 is 2.64 bits per heavy atom. The summed E-state index contributed by atoms with van der Waals surface area (Å²) in [6.07, 6.45) is 0. The molecule has 0 aliphatic carbocycles. The molecule has 3 amide bonds. The summed E-state index contributed by atoms with van der Waals surface area (Å²) in [6, 6.07) is 17.6.